The van der Waals surface area contributed by atoms with Crippen molar-refractivity contribution in [2.45, 2.75) is 19.4 Å². The van der Waals surface area contributed by atoms with E-state index in [2.05, 4.69) is 5.32 Å². The van der Waals surface area contributed by atoms with Gasteiger partial charge in [-0.15, -0.1) is 11.6 Å². The average molecular weight is 270 g/mol. The zero-order valence-corrected chi connectivity index (χ0v) is 11.0. The first-order chi connectivity index (χ1) is 8.70. The van der Waals surface area contributed by atoms with Crippen molar-refractivity contribution in [2.75, 3.05) is 19.1 Å². The van der Waals surface area contributed by atoms with Gasteiger partial charge in [-0.05, 0) is 13.0 Å². The van der Waals surface area contributed by atoms with Crippen molar-refractivity contribution < 1.29 is 14.3 Å². The lowest BCUT2D eigenvalue weighted by molar-refractivity contribution is 0.144. The van der Waals surface area contributed by atoms with Gasteiger partial charge in [-0.2, -0.15) is 0 Å². The van der Waals surface area contributed by atoms with Crippen LogP contribution in [0.4, 0.5) is 4.79 Å². The first kappa shape index (κ1) is 13.0. The minimum Gasteiger partial charge on any atom is -0.493 e. The third-order valence-electron chi connectivity index (χ3n) is 2.81. The van der Waals surface area contributed by atoms with E-state index in [0.717, 1.165) is 23.3 Å². The minimum atomic E-state index is -0.435. The number of hydrogen-bond donors (Lipinski definition) is 1. The van der Waals surface area contributed by atoms with E-state index in [4.69, 9.17) is 21.1 Å². The first-order valence-electron chi connectivity index (χ1n) is 5.93. The lowest BCUT2D eigenvalue weighted by atomic mass is 9.99. The quantitative estimate of drug-likeness (QED) is 0.859. The van der Waals surface area contributed by atoms with Crippen molar-refractivity contribution in [1.82, 2.24) is 5.32 Å². The third-order valence-corrected chi connectivity index (χ3v) is 2.96. The molecule has 1 heterocycles. The molecule has 1 amide bonds. The van der Waals surface area contributed by atoms with Crippen molar-refractivity contribution in [1.29, 1.82) is 0 Å². The van der Waals surface area contributed by atoms with Gasteiger partial charge in [0, 0.05) is 12.0 Å². The third kappa shape index (κ3) is 3.07. The number of alkyl halides is 1. The predicted molar refractivity (Wildman–Crippen MR) is 69.2 cm³/mol. The fourth-order valence-electron chi connectivity index (χ4n) is 1.98. The van der Waals surface area contributed by atoms with Crippen LogP contribution in [0.25, 0.3) is 0 Å². The zero-order chi connectivity index (χ0) is 13.0. The lowest BCUT2D eigenvalue weighted by Crippen LogP contribution is -2.33. The van der Waals surface area contributed by atoms with Crippen molar-refractivity contribution in [3.8, 4) is 5.75 Å². The maximum Gasteiger partial charge on any atom is 0.407 e. The molecule has 2 rings (SSSR count). The van der Waals surface area contributed by atoms with E-state index in [1.807, 2.05) is 25.1 Å². The number of carbonyl (C=O) groups is 1. The number of nitrogens with one attached hydrogen (secondary N) is 1. The molecule has 1 aliphatic rings. The fraction of sp³-hybridized carbons (Fsp3) is 0.462. The summed E-state index contributed by atoms with van der Waals surface area (Å²) in [6.45, 7) is 2.82. The molecule has 1 aromatic carbocycles. The van der Waals surface area contributed by atoms with Crippen molar-refractivity contribution in [3.05, 3.63) is 29.3 Å². The van der Waals surface area contributed by atoms with Crippen LogP contribution in [-0.2, 0) is 4.74 Å². The summed E-state index contributed by atoms with van der Waals surface area (Å²) in [5, 5.41) is 2.84. The molecule has 0 saturated heterocycles. The zero-order valence-electron chi connectivity index (χ0n) is 10.2. The minimum absolute atomic E-state index is 0.0588. The molecule has 0 fully saturated rings. The van der Waals surface area contributed by atoms with Gasteiger partial charge in [-0.3, -0.25) is 0 Å². The molecule has 4 nitrogen and oxygen atoms in total. The normalized spacial score (nSPS) is 17.6. The molecule has 1 aromatic rings. The number of amides is 1. The Bertz CT molecular complexity index is 436. The molecule has 0 saturated carbocycles. The standard InChI is InChI=1S/C13H16ClNO3/c1-9-2-3-12-10(8-9)11(4-6-17-12)15-13(16)18-7-5-14/h2-3,8,11H,4-7H2,1H3,(H,15,16). The van der Waals surface area contributed by atoms with Gasteiger partial charge in [-0.25, -0.2) is 4.79 Å². The summed E-state index contributed by atoms with van der Waals surface area (Å²) in [5.41, 5.74) is 2.14. The molecular formula is C13H16ClNO3. The van der Waals surface area contributed by atoms with Crippen LogP contribution in [0.3, 0.4) is 0 Å². The molecular weight excluding hydrogens is 254 g/mol. The second-order valence-electron chi connectivity index (χ2n) is 4.20. The van der Waals surface area contributed by atoms with Gasteiger partial charge < -0.3 is 14.8 Å². The van der Waals surface area contributed by atoms with Gasteiger partial charge in [0.25, 0.3) is 0 Å². The molecule has 0 aromatic heterocycles. The molecule has 5 heteroatoms. The van der Waals surface area contributed by atoms with Crippen LogP contribution in [0.1, 0.15) is 23.6 Å². The summed E-state index contributed by atoms with van der Waals surface area (Å²) in [6, 6.07) is 5.90. The summed E-state index contributed by atoms with van der Waals surface area (Å²) in [6.07, 6.45) is 0.307. The highest BCUT2D eigenvalue weighted by molar-refractivity contribution is 6.18. The Hall–Kier alpha value is -1.42. The predicted octanol–water partition coefficient (Wildman–Crippen LogP) is 2.78. The van der Waals surface area contributed by atoms with E-state index in [1.54, 1.807) is 0 Å². The average Bonchev–Trinajstić information content (AvgIpc) is 2.37. The Morgan fingerprint density at radius 3 is 3.22 bits per heavy atom. The number of carbonyl (C=O) groups excluding carboxylic acids is 1. The summed E-state index contributed by atoms with van der Waals surface area (Å²) < 4.78 is 10.5. The highest BCUT2D eigenvalue weighted by Crippen LogP contribution is 2.32. The molecule has 1 unspecified atom stereocenters. The second-order valence-corrected chi connectivity index (χ2v) is 4.58. The van der Waals surface area contributed by atoms with Gasteiger partial charge >= 0.3 is 6.09 Å². The highest BCUT2D eigenvalue weighted by atomic mass is 35.5. The monoisotopic (exact) mass is 269 g/mol. The largest absolute Gasteiger partial charge is 0.493 e. The summed E-state index contributed by atoms with van der Waals surface area (Å²) in [5.74, 6) is 1.13. The van der Waals surface area contributed by atoms with Gasteiger partial charge in [0.15, 0.2) is 0 Å². The molecule has 98 valence electrons. The Morgan fingerprint density at radius 1 is 1.61 bits per heavy atom. The lowest BCUT2D eigenvalue weighted by Gasteiger charge is -2.26. The van der Waals surface area contributed by atoms with E-state index in [1.165, 1.54) is 0 Å². The second kappa shape index (κ2) is 5.96. The van der Waals surface area contributed by atoms with Gasteiger partial charge in [0.2, 0.25) is 0 Å². The van der Waals surface area contributed by atoms with E-state index in [-0.39, 0.29) is 12.6 Å². The first-order valence-corrected chi connectivity index (χ1v) is 6.47. The Morgan fingerprint density at radius 2 is 2.44 bits per heavy atom. The van der Waals surface area contributed by atoms with Crippen LogP contribution >= 0.6 is 11.6 Å². The topological polar surface area (TPSA) is 47.6 Å². The number of hydrogen-bond acceptors (Lipinski definition) is 3. The number of halogens is 1. The maximum absolute atomic E-state index is 11.5. The summed E-state index contributed by atoms with van der Waals surface area (Å²) >= 11 is 5.47. The van der Waals surface area contributed by atoms with E-state index in [9.17, 15) is 4.79 Å². The van der Waals surface area contributed by atoms with Crippen LogP contribution < -0.4 is 10.1 Å². The molecule has 1 N–H and O–H groups in total. The number of aryl methyl sites for hydroxylation is 1. The number of fused-ring (bicyclic) bond motifs is 1. The van der Waals surface area contributed by atoms with E-state index < -0.39 is 6.09 Å². The van der Waals surface area contributed by atoms with E-state index in [0.29, 0.717) is 12.5 Å². The smallest absolute Gasteiger partial charge is 0.407 e. The van der Waals surface area contributed by atoms with Gasteiger partial charge in [0.1, 0.15) is 12.4 Å². The Kier molecular flexibility index (Phi) is 4.31. The molecule has 1 aliphatic heterocycles. The number of rotatable bonds is 3. The number of ether oxygens (including phenoxy) is 2. The van der Waals surface area contributed by atoms with Crippen molar-refractivity contribution in [3.63, 3.8) is 0 Å². The molecule has 0 bridgehead atoms. The SMILES string of the molecule is Cc1ccc2c(c1)C(NC(=O)OCCCl)CCO2. The van der Waals surface area contributed by atoms with Crippen molar-refractivity contribution >= 4 is 17.7 Å². The van der Waals surface area contributed by atoms with Crippen LogP contribution in [0.15, 0.2) is 18.2 Å². The Balaban J connectivity index is 2.07. The summed E-state index contributed by atoms with van der Waals surface area (Å²) in [4.78, 5) is 11.5. The molecule has 1 atom stereocenters. The van der Waals surface area contributed by atoms with Crippen LogP contribution in [-0.4, -0.2) is 25.2 Å². The van der Waals surface area contributed by atoms with E-state index >= 15 is 0 Å². The molecule has 0 spiro atoms. The van der Waals surface area contributed by atoms with Crippen LogP contribution in [0, 0.1) is 6.92 Å². The van der Waals surface area contributed by atoms with Crippen LogP contribution in [0.5, 0.6) is 5.75 Å². The number of benzene rings is 1. The Labute approximate surface area is 111 Å². The number of alkyl carbamates (subject to hydrolysis) is 1. The maximum atomic E-state index is 11.5. The summed E-state index contributed by atoms with van der Waals surface area (Å²) in [7, 11) is 0. The van der Waals surface area contributed by atoms with Crippen LogP contribution in [0.2, 0.25) is 0 Å². The van der Waals surface area contributed by atoms with Gasteiger partial charge in [-0.1, -0.05) is 17.7 Å². The fourth-order valence-corrected chi connectivity index (χ4v) is 2.06. The van der Waals surface area contributed by atoms with Crippen molar-refractivity contribution in [2.24, 2.45) is 0 Å². The highest BCUT2D eigenvalue weighted by Gasteiger charge is 2.23. The molecule has 18 heavy (non-hydrogen) atoms. The molecule has 0 aliphatic carbocycles. The molecule has 0 radical (unpaired) electrons. The van der Waals surface area contributed by atoms with Gasteiger partial charge in [0.05, 0.1) is 18.5 Å².